The average molecular weight is 266 g/mol. The van der Waals surface area contributed by atoms with Crippen LogP contribution in [0.5, 0.6) is 0 Å². The smallest absolute Gasteiger partial charge is 0.00672 e. The van der Waals surface area contributed by atoms with E-state index in [9.17, 15) is 0 Å². The Hall–Kier alpha value is -0.0800. The molecule has 2 rings (SSSR count). The van der Waals surface area contributed by atoms with Gasteiger partial charge in [0.1, 0.15) is 0 Å². The van der Waals surface area contributed by atoms with E-state index in [0.717, 1.165) is 17.9 Å². The van der Waals surface area contributed by atoms with E-state index in [0.29, 0.717) is 0 Å². The number of hydrogen-bond donors (Lipinski definition) is 1. The summed E-state index contributed by atoms with van der Waals surface area (Å²) in [5, 5.41) is 3.89. The summed E-state index contributed by atoms with van der Waals surface area (Å²) in [6.45, 7) is 6.20. The minimum absolute atomic E-state index is 0.814. The lowest BCUT2D eigenvalue weighted by Crippen LogP contribution is -2.40. The molecule has 3 unspecified atom stereocenters. The molecular weight excluding hydrogens is 232 g/mol. The van der Waals surface area contributed by atoms with Crippen LogP contribution in [-0.4, -0.2) is 37.6 Å². The second-order valence-corrected chi connectivity index (χ2v) is 7.04. The molecule has 0 spiro atoms. The van der Waals surface area contributed by atoms with Crippen molar-refractivity contribution in [2.45, 2.75) is 70.8 Å². The Bertz CT molecular complexity index is 241. The third-order valence-electron chi connectivity index (χ3n) is 5.20. The van der Waals surface area contributed by atoms with Crippen molar-refractivity contribution in [1.29, 1.82) is 0 Å². The number of nitrogens with one attached hydrogen (secondary N) is 1. The predicted octanol–water partition coefficient (Wildman–Crippen LogP) is 3.67. The average Bonchev–Trinajstić information content (AvgIpc) is 2.63. The van der Waals surface area contributed by atoms with Crippen molar-refractivity contribution in [3.05, 3.63) is 0 Å². The number of nitrogens with zero attached hydrogens (tertiary/aromatic N) is 1. The molecule has 1 saturated heterocycles. The monoisotopic (exact) mass is 266 g/mol. The van der Waals surface area contributed by atoms with E-state index >= 15 is 0 Å². The molecule has 1 saturated carbocycles. The van der Waals surface area contributed by atoms with E-state index in [-0.39, 0.29) is 0 Å². The Morgan fingerprint density at radius 2 is 1.84 bits per heavy atom. The van der Waals surface area contributed by atoms with E-state index in [1.807, 2.05) is 0 Å². The first-order valence-electron chi connectivity index (χ1n) is 8.69. The van der Waals surface area contributed by atoms with E-state index in [2.05, 4.69) is 24.2 Å². The van der Waals surface area contributed by atoms with Crippen molar-refractivity contribution in [2.24, 2.45) is 11.8 Å². The molecule has 19 heavy (non-hydrogen) atoms. The van der Waals surface area contributed by atoms with Crippen molar-refractivity contribution >= 4 is 0 Å². The molecule has 2 fully saturated rings. The number of hydrogen-bond acceptors (Lipinski definition) is 2. The maximum Gasteiger partial charge on any atom is 0.00672 e. The van der Waals surface area contributed by atoms with E-state index in [1.165, 1.54) is 77.4 Å². The number of rotatable bonds is 5. The predicted molar refractivity (Wildman–Crippen MR) is 83.5 cm³/mol. The number of piperidine rings is 1. The van der Waals surface area contributed by atoms with E-state index < -0.39 is 0 Å². The molecule has 2 heteroatoms. The van der Waals surface area contributed by atoms with Gasteiger partial charge in [-0.25, -0.2) is 0 Å². The molecule has 0 aromatic carbocycles. The van der Waals surface area contributed by atoms with Crippen LogP contribution in [0.15, 0.2) is 0 Å². The van der Waals surface area contributed by atoms with Gasteiger partial charge in [0.25, 0.3) is 0 Å². The molecule has 0 bridgehead atoms. The highest BCUT2D eigenvalue weighted by Gasteiger charge is 2.21. The summed E-state index contributed by atoms with van der Waals surface area (Å²) in [5.41, 5.74) is 0. The highest BCUT2D eigenvalue weighted by Crippen LogP contribution is 2.27. The van der Waals surface area contributed by atoms with Crippen molar-refractivity contribution in [3.8, 4) is 0 Å². The molecule has 3 atom stereocenters. The molecule has 1 aliphatic carbocycles. The van der Waals surface area contributed by atoms with Gasteiger partial charge in [-0.15, -0.1) is 0 Å². The lowest BCUT2D eigenvalue weighted by molar-refractivity contribution is 0.201. The van der Waals surface area contributed by atoms with Crippen LogP contribution in [0.1, 0.15) is 64.7 Å². The molecule has 0 aromatic heterocycles. The van der Waals surface area contributed by atoms with Crippen LogP contribution < -0.4 is 5.32 Å². The van der Waals surface area contributed by atoms with Gasteiger partial charge in [0.05, 0.1) is 0 Å². The van der Waals surface area contributed by atoms with Crippen LogP contribution in [0.2, 0.25) is 0 Å². The van der Waals surface area contributed by atoms with Crippen molar-refractivity contribution in [3.63, 3.8) is 0 Å². The molecule has 1 heterocycles. The maximum absolute atomic E-state index is 3.89. The molecule has 0 aromatic rings. The van der Waals surface area contributed by atoms with Crippen LogP contribution in [-0.2, 0) is 0 Å². The first kappa shape index (κ1) is 15.3. The maximum atomic E-state index is 3.89. The molecule has 1 aliphatic heterocycles. The highest BCUT2D eigenvalue weighted by molar-refractivity contribution is 4.78. The van der Waals surface area contributed by atoms with Crippen LogP contribution in [0, 0.1) is 11.8 Å². The summed E-state index contributed by atoms with van der Waals surface area (Å²) >= 11 is 0. The van der Waals surface area contributed by atoms with Crippen molar-refractivity contribution < 1.29 is 0 Å². The minimum atomic E-state index is 0.814. The molecule has 0 radical (unpaired) electrons. The zero-order chi connectivity index (χ0) is 13.5. The molecule has 0 amide bonds. The Labute approximate surface area is 120 Å². The van der Waals surface area contributed by atoms with Gasteiger partial charge in [-0.3, -0.25) is 0 Å². The normalized spacial score (nSPS) is 34.1. The molecular formula is C17H34N2. The summed E-state index contributed by atoms with van der Waals surface area (Å²) in [6, 6.07) is 0.814. The number of likely N-dealkylation sites (tertiary alicyclic amines) is 1. The Kier molecular flexibility index (Phi) is 6.66. The molecule has 2 nitrogen and oxygen atoms in total. The summed E-state index contributed by atoms with van der Waals surface area (Å²) in [5.74, 6) is 1.92. The Balaban J connectivity index is 1.65. The topological polar surface area (TPSA) is 15.3 Å². The second-order valence-electron chi connectivity index (χ2n) is 7.04. The fourth-order valence-electron chi connectivity index (χ4n) is 4.05. The third kappa shape index (κ3) is 5.43. The lowest BCUT2D eigenvalue weighted by Gasteiger charge is -2.31. The van der Waals surface area contributed by atoms with Gasteiger partial charge >= 0.3 is 0 Å². The fraction of sp³-hybridized carbons (Fsp3) is 1.00. The van der Waals surface area contributed by atoms with Crippen LogP contribution >= 0.6 is 0 Å². The molecule has 2 aliphatic rings. The third-order valence-corrected chi connectivity index (χ3v) is 5.20. The Morgan fingerprint density at radius 1 is 1.00 bits per heavy atom. The molecule has 1 N–H and O–H groups in total. The van der Waals surface area contributed by atoms with E-state index in [1.54, 1.807) is 0 Å². The van der Waals surface area contributed by atoms with Crippen LogP contribution in [0.3, 0.4) is 0 Å². The van der Waals surface area contributed by atoms with Gasteiger partial charge in [-0.2, -0.15) is 0 Å². The SMILES string of the molecule is CCCC1CCCC(NCC2CCCN(C)C2)CC1. The second kappa shape index (κ2) is 8.26. The lowest BCUT2D eigenvalue weighted by atomic mass is 9.95. The first-order valence-corrected chi connectivity index (χ1v) is 8.69. The van der Waals surface area contributed by atoms with Crippen LogP contribution in [0.25, 0.3) is 0 Å². The van der Waals surface area contributed by atoms with Crippen molar-refractivity contribution in [2.75, 3.05) is 26.7 Å². The zero-order valence-electron chi connectivity index (χ0n) is 13.2. The highest BCUT2D eigenvalue weighted by atomic mass is 15.1. The summed E-state index contributed by atoms with van der Waals surface area (Å²) in [7, 11) is 2.27. The fourth-order valence-corrected chi connectivity index (χ4v) is 4.05. The first-order chi connectivity index (χ1) is 9.28. The summed E-state index contributed by atoms with van der Waals surface area (Å²) in [6.07, 6.45) is 12.9. The standard InChI is InChI=1S/C17H34N2/c1-3-6-15-7-4-9-17(11-10-15)18-13-16-8-5-12-19(2)14-16/h15-18H,3-14H2,1-2H3. The minimum Gasteiger partial charge on any atom is -0.314 e. The van der Waals surface area contributed by atoms with Gasteiger partial charge in [0.2, 0.25) is 0 Å². The zero-order valence-corrected chi connectivity index (χ0v) is 13.2. The summed E-state index contributed by atoms with van der Waals surface area (Å²) in [4.78, 5) is 2.50. The largest absolute Gasteiger partial charge is 0.314 e. The Morgan fingerprint density at radius 3 is 2.63 bits per heavy atom. The van der Waals surface area contributed by atoms with E-state index in [4.69, 9.17) is 0 Å². The van der Waals surface area contributed by atoms with Crippen LogP contribution in [0.4, 0.5) is 0 Å². The van der Waals surface area contributed by atoms with Gasteiger partial charge < -0.3 is 10.2 Å². The summed E-state index contributed by atoms with van der Waals surface area (Å²) < 4.78 is 0. The van der Waals surface area contributed by atoms with Gasteiger partial charge in [0, 0.05) is 12.6 Å². The van der Waals surface area contributed by atoms with Gasteiger partial charge in [0.15, 0.2) is 0 Å². The quantitative estimate of drug-likeness (QED) is 0.764. The molecule has 112 valence electrons. The van der Waals surface area contributed by atoms with Gasteiger partial charge in [-0.05, 0) is 64.1 Å². The van der Waals surface area contributed by atoms with Gasteiger partial charge in [-0.1, -0.05) is 32.6 Å². The van der Waals surface area contributed by atoms with Crippen molar-refractivity contribution in [1.82, 2.24) is 10.2 Å².